The van der Waals surface area contributed by atoms with Gasteiger partial charge >= 0.3 is 0 Å². The number of benzene rings is 8. The molecule has 8 aromatic carbocycles. The second-order valence-electron chi connectivity index (χ2n) is 15.4. The van der Waals surface area contributed by atoms with Crippen LogP contribution in [0.2, 0.25) is 0 Å². The fourth-order valence-electron chi connectivity index (χ4n) is 9.33. The van der Waals surface area contributed by atoms with E-state index in [9.17, 15) is 0 Å². The highest BCUT2D eigenvalue weighted by atomic mass is 16.3. The summed E-state index contributed by atoms with van der Waals surface area (Å²) in [5, 5.41) is 9.33. The van der Waals surface area contributed by atoms with E-state index in [1.165, 1.54) is 60.2 Å². The average molecular weight is 704 g/mol. The Labute approximate surface area is 316 Å². The lowest BCUT2D eigenvalue weighted by Crippen LogP contribution is -2.15. The molecule has 0 atom stereocenters. The molecule has 258 valence electrons. The third-order valence-corrected chi connectivity index (χ3v) is 12.0. The zero-order valence-corrected chi connectivity index (χ0v) is 30.3. The first-order chi connectivity index (χ1) is 27.0. The van der Waals surface area contributed by atoms with Crippen LogP contribution in [0.25, 0.3) is 105 Å². The third-order valence-electron chi connectivity index (χ3n) is 12.0. The smallest absolute Gasteiger partial charge is 0.231 e. The van der Waals surface area contributed by atoms with E-state index < -0.39 is 0 Å². The van der Waals surface area contributed by atoms with E-state index in [4.69, 9.17) is 14.4 Å². The summed E-state index contributed by atoms with van der Waals surface area (Å²) in [5.41, 5.74) is 12.9. The van der Waals surface area contributed by atoms with Gasteiger partial charge in [0.2, 0.25) is 5.71 Å². The molecule has 0 bridgehead atoms. The number of para-hydroxylation sites is 2. The summed E-state index contributed by atoms with van der Waals surface area (Å²) in [6.45, 7) is 4.74. The van der Waals surface area contributed by atoms with Crippen LogP contribution < -0.4 is 0 Å². The Bertz CT molecular complexity index is 3420. The van der Waals surface area contributed by atoms with Crippen molar-refractivity contribution in [3.8, 4) is 39.5 Å². The number of nitrogens with zero attached hydrogens (tertiary/aromatic N) is 3. The van der Waals surface area contributed by atoms with Crippen LogP contribution in [0.5, 0.6) is 0 Å². The normalized spacial score (nSPS) is 13.4. The maximum Gasteiger partial charge on any atom is 0.231 e. The standard InChI is InChI=1S/C51H33N3O/c1-51(2)41-25-24-31-13-5-6-17-36(31)46(41)40-28-39-37-18-7-9-20-43(37)54(44(39)29-42(40)51)35-16-11-15-33(27-35)48-47-38-19-8-10-21-45(38)55-50(47)53-49(52-48)34-23-22-30-12-3-4-14-32(30)26-34/h3-29H,1-2H3. The maximum atomic E-state index is 6.44. The molecule has 0 amide bonds. The molecule has 1 aliphatic rings. The lowest BCUT2D eigenvalue weighted by Gasteiger charge is -2.22. The Morgan fingerprint density at radius 1 is 0.509 bits per heavy atom. The summed E-state index contributed by atoms with van der Waals surface area (Å²) >= 11 is 0. The van der Waals surface area contributed by atoms with Crippen molar-refractivity contribution in [2.75, 3.05) is 0 Å². The molecule has 1 aliphatic carbocycles. The van der Waals surface area contributed by atoms with Crippen LogP contribution >= 0.6 is 0 Å². The van der Waals surface area contributed by atoms with Gasteiger partial charge in [-0.05, 0) is 86.3 Å². The van der Waals surface area contributed by atoms with Crippen LogP contribution in [0.1, 0.15) is 25.0 Å². The second kappa shape index (κ2) is 11.0. The van der Waals surface area contributed by atoms with Crippen molar-refractivity contribution < 1.29 is 4.42 Å². The zero-order chi connectivity index (χ0) is 36.4. The van der Waals surface area contributed by atoms with Crippen molar-refractivity contribution in [3.63, 3.8) is 0 Å². The summed E-state index contributed by atoms with van der Waals surface area (Å²) in [5.74, 6) is 0.638. The van der Waals surface area contributed by atoms with Gasteiger partial charge in [-0.2, -0.15) is 4.98 Å². The minimum atomic E-state index is -0.153. The Hall–Kier alpha value is -7.04. The lowest BCUT2D eigenvalue weighted by molar-refractivity contribution is 0.653. The van der Waals surface area contributed by atoms with Gasteiger partial charge in [-0.1, -0.05) is 135 Å². The molecule has 0 saturated carbocycles. The first-order valence-electron chi connectivity index (χ1n) is 18.9. The van der Waals surface area contributed by atoms with E-state index in [1.54, 1.807) is 0 Å². The van der Waals surface area contributed by atoms with E-state index in [0.717, 1.165) is 44.2 Å². The molecule has 11 aromatic rings. The van der Waals surface area contributed by atoms with Crippen molar-refractivity contribution in [2.45, 2.75) is 19.3 Å². The molecule has 0 fully saturated rings. The van der Waals surface area contributed by atoms with Crippen LogP contribution in [-0.2, 0) is 5.41 Å². The van der Waals surface area contributed by atoms with E-state index in [1.807, 2.05) is 18.2 Å². The molecular weight excluding hydrogens is 671 g/mol. The van der Waals surface area contributed by atoms with Crippen molar-refractivity contribution in [2.24, 2.45) is 0 Å². The molecule has 55 heavy (non-hydrogen) atoms. The molecule has 0 aliphatic heterocycles. The number of rotatable bonds is 3. The van der Waals surface area contributed by atoms with Crippen LogP contribution in [0, 0.1) is 0 Å². The quantitative estimate of drug-likeness (QED) is 0.184. The largest absolute Gasteiger partial charge is 0.438 e. The number of fused-ring (bicyclic) bond motifs is 12. The second-order valence-corrected chi connectivity index (χ2v) is 15.4. The molecule has 3 aromatic heterocycles. The average Bonchev–Trinajstić information content (AvgIpc) is 3.84. The Balaban J connectivity index is 1.10. The summed E-state index contributed by atoms with van der Waals surface area (Å²) in [7, 11) is 0. The first kappa shape index (κ1) is 30.4. The molecule has 0 spiro atoms. The summed E-state index contributed by atoms with van der Waals surface area (Å²) in [6, 6.07) is 58.9. The number of furan rings is 1. The van der Waals surface area contributed by atoms with Gasteiger partial charge < -0.3 is 8.98 Å². The predicted molar refractivity (Wildman–Crippen MR) is 227 cm³/mol. The van der Waals surface area contributed by atoms with Crippen LogP contribution in [0.4, 0.5) is 0 Å². The maximum absolute atomic E-state index is 6.44. The number of hydrogen-bond donors (Lipinski definition) is 0. The van der Waals surface area contributed by atoms with E-state index in [0.29, 0.717) is 11.5 Å². The minimum Gasteiger partial charge on any atom is -0.438 e. The topological polar surface area (TPSA) is 43.9 Å². The molecule has 12 rings (SSSR count). The molecular formula is C51H33N3O. The van der Waals surface area contributed by atoms with E-state index in [-0.39, 0.29) is 5.41 Å². The molecule has 0 radical (unpaired) electrons. The Morgan fingerprint density at radius 2 is 1.25 bits per heavy atom. The van der Waals surface area contributed by atoms with Gasteiger partial charge in [0.25, 0.3) is 0 Å². The van der Waals surface area contributed by atoms with Gasteiger partial charge in [-0.25, -0.2) is 4.98 Å². The minimum absolute atomic E-state index is 0.153. The van der Waals surface area contributed by atoms with E-state index >= 15 is 0 Å². The van der Waals surface area contributed by atoms with Gasteiger partial charge in [0, 0.05) is 38.4 Å². The predicted octanol–water partition coefficient (Wildman–Crippen LogP) is 13.4. The summed E-state index contributed by atoms with van der Waals surface area (Å²) < 4.78 is 8.87. The summed E-state index contributed by atoms with van der Waals surface area (Å²) in [6.07, 6.45) is 0. The van der Waals surface area contributed by atoms with Crippen molar-refractivity contribution >= 4 is 65.4 Å². The monoisotopic (exact) mass is 703 g/mol. The third kappa shape index (κ3) is 4.28. The molecule has 0 unspecified atom stereocenters. The van der Waals surface area contributed by atoms with Gasteiger partial charge in [0.15, 0.2) is 5.82 Å². The highest BCUT2D eigenvalue weighted by Crippen LogP contribution is 2.53. The van der Waals surface area contributed by atoms with Crippen molar-refractivity contribution in [3.05, 3.63) is 175 Å². The molecule has 3 heterocycles. The molecule has 4 nitrogen and oxygen atoms in total. The van der Waals surface area contributed by atoms with E-state index in [2.05, 4.69) is 164 Å². The first-order valence-corrected chi connectivity index (χ1v) is 18.9. The number of hydrogen-bond acceptors (Lipinski definition) is 3. The number of aromatic nitrogens is 3. The molecule has 4 heteroatoms. The van der Waals surface area contributed by atoms with Gasteiger partial charge in [-0.15, -0.1) is 0 Å². The summed E-state index contributed by atoms with van der Waals surface area (Å²) in [4.78, 5) is 10.4. The lowest BCUT2D eigenvalue weighted by atomic mass is 9.82. The van der Waals surface area contributed by atoms with Crippen molar-refractivity contribution in [1.82, 2.24) is 14.5 Å². The van der Waals surface area contributed by atoms with Crippen LogP contribution in [0.15, 0.2) is 168 Å². The highest BCUT2D eigenvalue weighted by Gasteiger charge is 2.37. The van der Waals surface area contributed by atoms with Gasteiger partial charge in [-0.3, -0.25) is 0 Å². The van der Waals surface area contributed by atoms with Gasteiger partial charge in [0.1, 0.15) is 5.58 Å². The van der Waals surface area contributed by atoms with Crippen molar-refractivity contribution in [1.29, 1.82) is 0 Å². The zero-order valence-electron chi connectivity index (χ0n) is 30.3. The van der Waals surface area contributed by atoms with Crippen LogP contribution in [-0.4, -0.2) is 14.5 Å². The fraction of sp³-hybridized carbons (Fsp3) is 0.0588. The highest BCUT2D eigenvalue weighted by molar-refractivity contribution is 6.14. The SMILES string of the molecule is CC1(C)c2cc3c(cc2-c2c1ccc1ccccc21)c1ccccc1n3-c1cccc(-c2nc(-c3ccc4ccccc4c3)nc3oc4ccccc4c23)c1. The Morgan fingerprint density at radius 3 is 2.15 bits per heavy atom. The van der Waals surface area contributed by atoms with Crippen LogP contribution in [0.3, 0.4) is 0 Å². The van der Waals surface area contributed by atoms with Gasteiger partial charge in [0.05, 0.1) is 22.1 Å². The molecule has 0 saturated heterocycles. The Kier molecular flexibility index (Phi) is 6.09. The molecule has 0 N–H and O–H groups in total. The fourth-order valence-corrected chi connectivity index (χ4v) is 9.33.